The zero-order valence-corrected chi connectivity index (χ0v) is 15.3. The smallest absolute Gasteiger partial charge is 0.00893 e. The second-order valence-electron chi connectivity index (χ2n) is 5.93. The summed E-state index contributed by atoms with van der Waals surface area (Å²) in [5.41, 5.74) is 2.92. The average molecular weight is 297 g/mol. The van der Waals surface area contributed by atoms with Crippen LogP contribution >= 0.6 is 0 Å². The molecular weight excluding hydrogens is 268 g/mol. The van der Waals surface area contributed by atoms with Gasteiger partial charge in [-0.3, -0.25) is 0 Å². The third-order valence-corrected chi connectivity index (χ3v) is 4.96. The maximum atomic E-state index is 2.28. The summed E-state index contributed by atoms with van der Waals surface area (Å²) in [6, 6.07) is 23.5. The van der Waals surface area contributed by atoms with Gasteiger partial charge in [0.1, 0.15) is 0 Å². The van der Waals surface area contributed by atoms with E-state index in [0.29, 0.717) is 5.92 Å². The molecule has 21 heavy (non-hydrogen) atoms. The Morgan fingerprint density at radius 1 is 0.619 bits per heavy atom. The number of benzene rings is 2. The van der Waals surface area contributed by atoms with E-state index in [4.69, 9.17) is 0 Å². The lowest BCUT2D eigenvalue weighted by Crippen LogP contribution is -2.01. The Morgan fingerprint density at radius 3 is 1.62 bits per heavy atom. The Balaban J connectivity index is 1.94. The van der Waals surface area contributed by atoms with Crippen molar-refractivity contribution in [3.05, 3.63) is 71.8 Å². The Morgan fingerprint density at radius 2 is 1.10 bits per heavy atom. The minimum atomic E-state index is 0.561. The molecule has 0 atom stereocenters. The van der Waals surface area contributed by atoms with Crippen molar-refractivity contribution >= 4 is 10.2 Å². The van der Waals surface area contributed by atoms with E-state index in [1.807, 2.05) is 0 Å². The fourth-order valence-electron chi connectivity index (χ4n) is 3.03. The molecule has 0 saturated carbocycles. The van der Waals surface area contributed by atoms with E-state index in [2.05, 4.69) is 60.7 Å². The summed E-state index contributed by atoms with van der Waals surface area (Å²) in [4.78, 5) is 0. The number of hydrogen-bond acceptors (Lipinski definition) is 0. The van der Waals surface area contributed by atoms with Gasteiger partial charge in [-0.2, -0.15) is 0 Å². The number of rotatable bonds is 9. The third kappa shape index (κ3) is 5.51. The lowest BCUT2D eigenvalue weighted by atomic mass is 9.87. The summed E-state index contributed by atoms with van der Waals surface area (Å²) >= 11 is 0. The van der Waals surface area contributed by atoms with Gasteiger partial charge in [-0.25, -0.2) is 0 Å². The van der Waals surface area contributed by atoms with Crippen LogP contribution < -0.4 is 0 Å². The predicted molar refractivity (Wildman–Crippen MR) is 97.2 cm³/mol. The van der Waals surface area contributed by atoms with Crippen molar-refractivity contribution in [3.63, 3.8) is 0 Å². The largest absolute Gasteiger partial charge is 0.0658 e. The lowest BCUT2D eigenvalue weighted by Gasteiger charge is -2.18. The van der Waals surface area contributed by atoms with Gasteiger partial charge in [0.05, 0.1) is 0 Å². The van der Waals surface area contributed by atoms with Gasteiger partial charge >= 0.3 is 0 Å². The highest BCUT2D eigenvalue weighted by Gasteiger charge is 2.12. The Labute approximate surface area is 133 Å². The van der Waals surface area contributed by atoms with E-state index in [-0.39, 0.29) is 0 Å². The molecule has 0 aliphatic heterocycles. The second-order valence-corrected chi connectivity index (χ2v) is 6.93. The first kappa shape index (κ1) is 16.0. The Kier molecular flexibility index (Phi) is 7.31. The highest BCUT2D eigenvalue weighted by Crippen LogP contribution is 2.29. The van der Waals surface area contributed by atoms with E-state index in [1.54, 1.807) is 0 Å². The molecule has 2 aromatic carbocycles. The van der Waals surface area contributed by atoms with Crippen molar-refractivity contribution < 1.29 is 0 Å². The van der Waals surface area contributed by atoms with Crippen molar-refractivity contribution in [1.29, 1.82) is 0 Å². The molecule has 0 aliphatic rings. The molecule has 0 spiro atoms. The summed E-state index contributed by atoms with van der Waals surface area (Å²) < 4.78 is 0. The summed E-state index contributed by atoms with van der Waals surface area (Å²) in [5.74, 6) is 0.561. The Hall–Kier alpha value is -1.34. The first-order valence-corrected chi connectivity index (χ1v) is 9.93. The second kappa shape index (κ2) is 9.57. The first-order valence-electron chi connectivity index (χ1n) is 8.51. The van der Waals surface area contributed by atoms with Gasteiger partial charge < -0.3 is 0 Å². The molecule has 0 nitrogen and oxygen atoms in total. The van der Waals surface area contributed by atoms with Crippen molar-refractivity contribution in [2.24, 2.45) is 0 Å². The van der Waals surface area contributed by atoms with Crippen LogP contribution in [0.5, 0.6) is 0 Å². The van der Waals surface area contributed by atoms with Gasteiger partial charge in [0.2, 0.25) is 0 Å². The first-order chi connectivity index (χ1) is 10.4. The van der Waals surface area contributed by atoms with Crippen LogP contribution in [0.1, 0.15) is 55.6 Å². The van der Waals surface area contributed by atoms with Crippen LogP contribution in [-0.4, -0.2) is 10.2 Å². The van der Waals surface area contributed by atoms with Crippen LogP contribution in [0.2, 0.25) is 6.04 Å². The molecule has 0 bridgehead atoms. The third-order valence-electron chi connectivity index (χ3n) is 4.25. The minimum Gasteiger partial charge on any atom is -0.0658 e. The lowest BCUT2D eigenvalue weighted by molar-refractivity contribution is 0.580. The molecule has 0 aliphatic carbocycles. The predicted octanol–water partition coefficient (Wildman–Crippen LogP) is 4.94. The molecule has 2 rings (SSSR count). The standard InChI is InChI=1S/C20H28Si/c21-17-11-3-1-2-10-16-20(18-12-6-4-7-13-18)19-14-8-5-9-15-19/h4-9,12-15,20H,1-3,10-11,16-17H2,21H3. The fourth-order valence-corrected chi connectivity index (χ4v) is 3.53. The van der Waals surface area contributed by atoms with Gasteiger partial charge in [-0.1, -0.05) is 98.8 Å². The van der Waals surface area contributed by atoms with Crippen molar-refractivity contribution in [2.75, 3.05) is 0 Å². The van der Waals surface area contributed by atoms with Crippen LogP contribution in [0.15, 0.2) is 60.7 Å². The van der Waals surface area contributed by atoms with Crippen LogP contribution in [0.4, 0.5) is 0 Å². The Bertz CT molecular complexity index is 438. The molecule has 0 radical (unpaired) electrons. The molecular formula is C20H28Si. The fraction of sp³-hybridized carbons (Fsp3) is 0.400. The van der Waals surface area contributed by atoms with E-state index in [1.165, 1.54) is 65.9 Å². The van der Waals surface area contributed by atoms with Crippen molar-refractivity contribution in [3.8, 4) is 0 Å². The zero-order chi connectivity index (χ0) is 14.8. The van der Waals surface area contributed by atoms with Gasteiger partial charge in [-0.15, -0.1) is 0 Å². The van der Waals surface area contributed by atoms with Crippen LogP contribution in [0.25, 0.3) is 0 Å². The van der Waals surface area contributed by atoms with Gasteiger partial charge in [0.25, 0.3) is 0 Å². The van der Waals surface area contributed by atoms with Crippen molar-refractivity contribution in [2.45, 2.75) is 50.5 Å². The summed E-state index contributed by atoms with van der Waals surface area (Å²) in [6.07, 6.45) is 8.30. The van der Waals surface area contributed by atoms with E-state index >= 15 is 0 Å². The summed E-state index contributed by atoms with van der Waals surface area (Å²) in [5, 5.41) is 0. The maximum absolute atomic E-state index is 2.28. The topological polar surface area (TPSA) is 0 Å². The molecule has 0 N–H and O–H groups in total. The SMILES string of the molecule is [SiH3]CCCCCCCC(c1ccccc1)c1ccccc1. The molecule has 0 heterocycles. The van der Waals surface area contributed by atoms with E-state index in [0.717, 1.165) is 0 Å². The van der Waals surface area contributed by atoms with Crippen LogP contribution in [0, 0.1) is 0 Å². The van der Waals surface area contributed by atoms with E-state index < -0.39 is 0 Å². The minimum absolute atomic E-state index is 0.561. The molecule has 0 saturated heterocycles. The highest BCUT2D eigenvalue weighted by molar-refractivity contribution is 6.08. The maximum Gasteiger partial charge on any atom is 0.00893 e. The van der Waals surface area contributed by atoms with Crippen LogP contribution in [-0.2, 0) is 0 Å². The molecule has 0 amide bonds. The number of hydrogen-bond donors (Lipinski definition) is 0. The highest BCUT2D eigenvalue weighted by atomic mass is 28.1. The molecule has 1 heteroatoms. The quantitative estimate of drug-likeness (QED) is 0.454. The average Bonchev–Trinajstić information content (AvgIpc) is 2.56. The molecule has 2 aromatic rings. The van der Waals surface area contributed by atoms with Gasteiger partial charge in [0.15, 0.2) is 0 Å². The molecule has 112 valence electrons. The summed E-state index contributed by atoms with van der Waals surface area (Å²) in [7, 11) is 1.37. The summed E-state index contributed by atoms with van der Waals surface area (Å²) in [6.45, 7) is 0. The van der Waals surface area contributed by atoms with Crippen LogP contribution in [0.3, 0.4) is 0 Å². The molecule has 0 fully saturated rings. The molecule has 0 unspecified atom stereocenters. The van der Waals surface area contributed by atoms with Gasteiger partial charge in [-0.05, 0) is 17.5 Å². The van der Waals surface area contributed by atoms with E-state index in [9.17, 15) is 0 Å². The van der Waals surface area contributed by atoms with Gasteiger partial charge in [0, 0.05) is 16.2 Å². The zero-order valence-electron chi connectivity index (χ0n) is 13.3. The van der Waals surface area contributed by atoms with Crippen molar-refractivity contribution in [1.82, 2.24) is 0 Å². The normalized spacial score (nSPS) is 11.1. The molecule has 0 aromatic heterocycles. The number of unbranched alkanes of at least 4 members (excludes halogenated alkanes) is 4. The monoisotopic (exact) mass is 296 g/mol.